The van der Waals surface area contributed by atoms with Crippen molar-refractivity contribution in [1.82, 2.24) is 9.97 Å². The van der Waals surface area contributed by atoms with Crippen LogP contribution >= 0.6 is 0 Å². The summed E-state index contributed by atoms with van der Waals surface area (Å²) < 4.78 is 10.7. The maximum atomic E-state index is 9.21. The van der Waals surface area contributed by atoms with E-state index in [0.717, 1.165) is 22.8 Å². The van der Waals surface area contributed by atoms with Crippen molar-refractivity contribution in [2.75, 3.05) is 6.79 Å². The highest BCUT2D eigenvalue weighted by Crippen LogP contribution is 2.35. The maximum absolute atomic E-state index is 9.21. The number of imidazole rings is 1. The molecule has 0 spiro atoms. The molecule has 0 aliphatic carbocycles. The first-order valence-corrected chi connectivity index (χ1v) is 6.53. The quantitative estimate of drug-likeness (QED) is 0.929. The van der Waals surface area contributed by atoms with E-state index >= 15 is 0 Å². The van der Waals surface area contributed by atoms with Gasteiger partial charge in [0.2, 0.25) is 6.79 Å². The van der Waals surface area contributed by atoms with Gasteiger partial charge < -0.3 is 14.5 Å². The molecule has 1 aromatic heterocycles. The molecule has 1 aromatic carbocycles. The number of nitrogens with zero attached hydrogens (tertiary/aromatic N) is 2. The van der Waals surface area contributed by atoms with Crippen LogP contribution in [-0.2, 0) is 0 Å². The van der Waals surface area contributed by atoms with E-state index < -0.39 is 0 Å². The Kier molecular flexibility index (Phi) is 3.07. The van der Waals surface area contributed by atoms with Crippen molar-refractivity contribution in [3.05, 3.63) is 30.2 Å². The van der Waals surface area contributed by atoms with Crippen LogP contribution in [-0.4, -0.2) is 16.8 Å². The molecule has 102 valence electrons. The lowest BCUT2D eigenvalue weighted by Crippen LogP contribution is -2.05. The number of benzene rings is 1. The highest BCUT2D eigenvalue weighted by atomic mass is 16.7. The van der Waals surface area contributed by atoms with E-state index in [1.165, 1.54) is 0 Å². The number of fused-ring (bicyclic) bond motifs is 1. The van der Waals surface area contributed by atoms with Crippen LogP contribution in [0.25, 0.3) is 11.3 Å². The summed E-state index contributed by atoms with van der Waals surface area (Å²) in [4.78, 5) is 7.55. The number of H-pyrrole nitrogens is 1. The van der Waals surface area contributed by atoms with Crippen molar-refractivity contribution < 1.29 is 9.47 Å². The predicted octanol–water partition coefficient (Wildman–Crippen LogP) is 3.07. The summed E-state index contributed by atoms with van der Waals surface area (Å²) in [6.45, 7) is 4.28. The van der Waals surface area contributed by atoms with Gasteiger partial charge in [0.05, 0.1) is 18.0 Å². The van der Waals surface area contributed by atoms with Crippen LogP contribution in [0.1, 0.15) is 25.6 Å². The summed E-state index contributed by atoms with van der Waals surface area (Å²) in [5.41, 5.74) is 1.84. The van der Waals surface area contributed by atoms with Gasteiger partial charge in [0.25, 0.3) is 0 Å². The highest BCUT2D eigenvalue weighted by molar-refractivity contribution is 5.64. The van der Waals surface area contributed by atoms with Gasteiger partial charge in [0.1, 0.15) is 11.7 Å². The first-order chi connectivity index (χ1) is 9.69. The molecule has 1 unspecified atom stereocenters. The van der Waals surface area contributed by atoms with Crippen LogP contribution in [0.15, 0.2) is 24.4 Å². The molecule has 20 heavy (non-hydrogen) atoms. The van der Waals surface area contributed by atoms with Crippen LogP contribution in [0.3, 0.4) is 0 Å². The number of hydrogen-bond acceptors (Lipinski definition) is 4. The molecule has 0 radical (unpaired) electrons. The Bertz CT molecular complexity index is 670. The second kappa shape index (κ2) is 4.89. The molecule has 2 heterocycles. The second-order valence-corrected chi connectivity index (χ2v) is 5.10. The fourth-order valence-corrected chi connectivity index (χ4v) is 2.23. The summed E-state index contributed by atoms with van der Waals surface area (Å²) in [5.74, 6) is 2.19. The van der Waals surface area contributed by atoms with Crippen molar-refractivity contribution in [3.63, 3.8) is 0 Å². The number of aromatic nitrogens is 2. The fourth-order valence-electron chi connectivity index (χ4n) is 2.23. The molecule has 2 aromatic rings. The zero-order valence-electron chi connectivity index (χ0n) is 11.4. The molecule has 0 bridgehead atoms. The number of rotatable bonds is 3. The van der Waals surface area contributed by atoms with E-state index in [1.807, 2.05) is 32.0 Å². The number of nitrogens with one attached hydrogen (secondary N) is 1. The molecular formula is C15H15N3O2. The van der Waals surface area contributed by atoms with E-state index in [1.54, 1.807) is 6.20 Å². The Balaban J connectivity index is 1.92. The smallest absolute Gasteiger partial charge is 0.231 e. The molecule has 1 N–H and O–H groups in total. The van der Waals surface area contributed by atoms with Crippen molar-refractivity contribution in [1.29, 1.82) is 5.26 Å². The van der Waals surface area contributed by atoms with Gasteiger partial charge in [-0.2, -0.15) is 5.26 Å². The molecule has 0 fully saturated rings. The van der Waals surface area contributed by atoms with Crippen molar-refractivity contribution in [3.8, 4) is 28.8 Å². The zero-order chi connectivity index (χ0) is 14.1. The molecular weight excluding hydrogens is 254 g/mol. The van der Waals surface area contributed by atoms with Gasteiger partial charge in [0, 0.05) is 5.56 Å². The maximum Gasteiger partial charge on any atom is 0.231 e. The standard InChI is InChI=1S/C15H15N3O2/c1-9(2)11(6-16)15-17-7-12(18-15)10-3-4-13-14(5-10)20-8-19-13/h3-5,7,9,11H,8H2,1-2H3,(H,17,18). The van der Waals surface area contributed by atoms with Gasteiger partial charge in [-0.1, -0.05) is 13.8 Å². The van der Waals surface area contributed by atoms with Gasteiger partial charge in [-0.25, -0.2) is 4.98 Å². The van der Waals surface area contributed by atoms with Crippen LogP contribution in [0.5, 0.6) is 11.5 Å². The SMILES string of the molecule is CC(C)C(C#N)c1ncc(-c2ccc3c(c2)OCO3)[nH]1. The molecule has 0 saturated carbocycles. The Morgan fingerprint density at radius 3 is 2.85 bits per heavy atom. The second-order valence-electron chi connectivity index (χ2n) is 5.10. The minimum atomic E-state index is -0.224. The van der Waals surface area contributed by atoms with E-state index in [4.69, 9.17) is 9.47 Å². The van der Waals surface area contributed by atoms with Gasteiger partial charge >= 0.3 is 0 Å². The predicted molar refractivity (Wildman–Crippen MR) is 73.3 cm³/mol. The van der Waals surface area contributed by atoms with Crippen molar-refractivity contribution >= 4 is 0 Å². The summed E-state index contributed by atoms with van der Waals surface area (Å²) in [6.07, 6.45) is 1.75. The third-order valence-electron chi connectivity index (χ3n) is 3.38. The monoisotopic (exact) mass is 269 g/mol. The van der Waals surface area contributed by atoms with Crippen LogP contribution < -0.4 is 9.47 Å². The Morgan fingerprint density at radius 1 is 1.30 bits per heavy atom. The summed E-state index contributed by atoms with van der Waals surface area (Å²) in [7, 11) is 0. The van der Waals surface area contributed by atoms with Gasteiger partial charge in [-0.15, -0.1) is 0 Å². The van der Waals surface area contributed by atoms with Crippen molar-refractivity contribution in [2.24, 2.45) is 5.92 Å². The van der Waals surface area contributed by atoms with E-state index in [-0.39, 0.29) is 18.6 Å². The van der Waals surface area contributed by atoms with E-state index in [2.05, 4.69) is 16.0 Å². The molecule has 1 aliphatic heterocycles. The largest absolute Gasteiger partial charge is 0.454 e. The van der Waals surface area contributed by atoms with E-state index in [0.29, 0.717) is 5.82 Å². The number of aromatic amines is 1. The number of nitriles is 1. The highest BCUT2D eigenvalue weighted by Gasteiger charge is 2.19. The van der Waals surface area contributed by atoms with Gasteiger partial charge in [-0.3, -0.25) is 0 Å². The molecule has 0 saturated heterocycles. The minimum Gasteiger partial charge on any atom is -0.454 e. The number of hydrogen-bond donors (Lipinski definition) is 1. The summed E-state index contributed by atoms with van der Waals surface area (Å²) in [6, 6.07) is 8.02. The number of ether oxygens (including phenoxy) is 2. The first-order valence-electron chi connectivity index (χ1n) is 6.53. The molecule has 0 amide bonds. The Labute approximate surface area is 117 Å². The zero-order valence-corrected chi connectivity index (χ0v) is 11.4. The van der Waals surface area contributed by atoms with Crippen LogP contribution in [0, 0.1) is 17.2 Å². The average Bonchev–Trinajstić information content (AvgIpc) is 3.06. The lowest BCUT2D eigenvalue weighted by Gasteiger charge is -2.09. The summed E-state index contributed by atoms with van der Waals surface area (Å²) in [5, 5.41) is 9.21. The van der Waals surface area contributed by atoms with E-state index in [9.17, 15) is 5.26 Å². The summed E-state index contributed by atoms with van der Waals surface area (Å²) >= 11 is 0. The third-order valence-corrected chi connectivity index (χ3v) is 3.38. The lowest BCUT2D eigenvalue weighted by molar-refractivity contribution is 0.174. The Morgan fingerprint density at radius 2 is 2.10 bits per heavy atom. The van der Waals surface area contributed by atoms with Crippen LogP contribution in [0.2, 0.25) is 0 Å². The normalized spacial score (nSPS) is 14.3. The van der Waals surface area contributed by atoms with Gasteiger partial charge in [0.15, 0.2) is 11.5 Å². The fraction of sp³-hybridized carbons (Fsp3) is 0.333. The molecule has 1 aliphatic rings. The Hall–Kier alpha value is -2.48. The first kappa shape index (κ1) is 12.5. The molecule has 5 heteroatoms. The molecule has 3 rings (SSSR count). The van der Waals surface area contributed by atoms with Crippen LogP contribution in [0.4, 0.5) is 0 Å². The van der Waals surface area contributed by atoms with Gasteiger partial charge in [-0.05, 0) is 24.1 Å². The van der Waals surface area contributed by atoms with Crippen molar-refractivity contribution in [2.45, 2.75) is 19.8 Å². The lowest BCUT2D eigenvalue weighted by atomic mass is 9.97. The molecule has 5 nitrogen and oxygen atoms in total. The third kappa shape index (κ3) is 2.10. The minimum absolute atomic E-state index is 0.218. The average molecular weight is 269 g/mol. The molecule has 1 atom stereocenters. The topological polar surface area (TPSA) is 70.9 Å².